The van der Waals surface area contributed by atoms with Crippen molar-refractivity contribution in [2.75, 3.05) is 0 Å². The SMILES string of the molecule is CC(=O)NC(Cc1ccc(O)cc1)C(=O)NC(C(=O)NC(C)C(=O)NC(CC=O)C(=O)NC(C)C=O)C(C)C. The van der Waals surface area contributed by atoms with E-state index in [0.717, 1.165) is 0 Å². The predicted molar refractivity (Wildman–Crippen MR) is 140 cm³/mol. The fraction of sp³-hybridized carbons (Fsp3) is 0.500. The molecule has 0 aliphatic rings. The molecule has 0 bridgehead atoms. The van der Waals surface area contributed by atoms with Gasteiger partial charge in [-0.3, -0.25) is 24.0 Å². The summed E-state index contributed by atoms with van der Waals surface area (Å²) < 4.78 is 0. The molecule has 6 N–H and O–H groups in total. The number of hydrogen-bond donors (Lipinski definition) is 6. The van der Waals surface area contributed by atoms with Crippen LogP contribution in [0.15, 0.2) is 24.3 Å². The number of benzene rings is 1. The zero-order chi connectivity index (χ0) is 29.7. The first kappa shape index (κ1) is 32.7. The number of phenols is 1. The van der Waals surface area contributed by atoms with Crippen molar-refractivity contribution < 1.29 is 38.7 Å². The summed E-state index contributed by atoms with van der Waals surface area (Å²) in [5, 5.41) is 21.8. The monoisotopic (exact) mass is 547 g/mol. The molecule has 39 heavy (non-hydrogen) atoms. The normalized spacial score (nSPS) is 14.5. The lowest BCUT2D eigenvalue weighted by Crippen LogP contribution is -2.59. The van der Waals surface area contributed by atoms with E-state index in [2.05, 4.69) is 26.6 Å². The van der Waals surface area contributed by atoms with Gasteiger partial charge in [0.25, 0.3) is 0 Å². The second-order valence-corrected chi connectivity index (χ2v) is 9.48. The first-order valence-corrected chi connectivity index (χ1v) is 12.4. The molecule has 5 unspecified atom stereocenters. The maximum Gasteiger partial charge on any atom is 0.243 e. The summed E-state index contributed by atoms with van der Waals surface area (Å²) in [5.41, 5.74) is 0.661. The topological polar surface area (TPSA) is 200 Å². The Balaban J connectivity index is 2.91. The van der Waals surface area contributed by atoms with Gasteiger partial charge in [-0.2, -0.15) is 0 Å². The van der Waals surface area contributed by atoms with E-state index in [4.69, 9.17) is 0 Å². The Kier molecular flexibility index (Phi) is 13.3. The summed E-state index contributed by atoms with van der Waals surface area (Å²) in [6, 6.07) is 0.766. The predicted octanol–water partition coefficient (Wildman–Crippen LogP) is -1.14. The first-order chi connectivity index (χ1) is 18.3. The van der Waals surface area contributed by atoms with Crippen LogP contribution in [0.3, 0.4) is 0 Å². The second-order valence-electron chi connectivity index (χ2n) is 9.48. The molecule has 1 rings (SSSR count). The highest BCUT2D eigenvalue weighted by Gasteiger charge is 2.31. The number of nitrogens with one attached hydrogen (secondary N) is 5. The highest BCUT2D eigenvalue weighted by atomic mass is 16.3. The van der Waals surface area contributed by atoms with Crippen molar-refractivity contribution >= 4 is 42.1 Å². The molecule has 0 saturated heterocycles. The fourth-order valence-electron chi connectivity index (χ4n) is 3.46. The number of phenolic OH excluding ortho intramolecular Hbond substituents is 1. The molecule has 1 aromatic rings. The van der Waals surface area contributed by atoms with Crippen LogP contribution in [0.5, 0.6) is 5.75 Å². The van der Waals surface area contributed by atoms with E-state index in [1.165, 1.54) is 32.9 Å². The second kappa shape index (κ2) is 15.8. The Bertz CT molecular complexity index is 1040. The largest absolute Gasteiger partial charge is 0.508 e. The van der Waals surface area contributed by atoms with E-state index in [1.807, 2.05) is 0 Å². The van der Waals surface area contributed by atoms with Crippen molar-refractivity contribution in [2.24, 2.45) is 5.92 Å². The maximum absolute atomic E-state index is 13.1. The average molecular weight is 548 g/mol. The van der Waals surface area contributed by atoms with Crippen molar-refractivity contribution in [3.63, 3.8) is 0 Å². The van der Waals surface area contributed by atoms with Gasteiger partial charge in [0.2, 0.25) is 29.5 Å². The third-order valence-electron chi connectivity index (χ3n) is 5.61. The van der Waals surface area contributed by atoms with Crippen molar-refractivity contribution in [3.8, 4) is 5.75 Å². The van der Waals surface area contributed by atoms with Crippen LogP contribution in [0.2, 0.25) is 0 Å². The zero-order valence-corrected chi connectivity index (χ0v) is 22.6. The van der Waals surface area contributed by atoms with Crippen molar-refractivity contribution in [1.82, 2.24) is 26.6 Å². The number of amides is 5. The minimum Gasteiger partial charge on any atom is -0.508 e. The van der Waals surface area contributed by atoms with Crippen LogP contribution in [-0.4, -0.2) is 77.4 Å². The third kappa shape index (κ3) is 11.3. The molecular weight excluding hydrogens is 510 g/mol. The zero-order valence-electron chi connectivity index (χ0n) is 22.6. The lowest BCUT2D eigenvalue weighted by molar-refractivity contribution is -0.135. The molecule has 0 saturated carbocycles. The molecule has 13 heteroatoms. The molecule has 1 aromatic carbocycles. The Morgan fingerprint density at radius 2 is 1.36 bits per heavy atom. The molecule has 0 radical (unpaired) electrons. The van der Waals surface area contributed by atoms with Gasteiger partial charge in [-0.05, 0) is 37.5 Å². The molecule has 0 aliphatic carbocycles. The van der Waals surface area contributed by atoms with Crippen LogP contribution in [0.1, 0.15) is 46.6 Å². The standard InChI is InChI=1S/C26H37N5O8/c1-14(2)22(31-25(38)21(29-17(5)34)12-18-6-8-19(35)9-7-18)26(39)28-16(4)23(36)30-20(10-11-32)24(37)27-15(3)13-33/h6-9,11,13-16,20-22,35H,10,12H2,1-5H3,(H,27,37)(H,28,39)(H,29,34)(H,30,36)(H,31,38). The van der Waals surface area contributed by atoms with Crippen molar-refractivity contribution in [2.45, 2.75) is 77.7 Å². The summed E-state index contributed by atoms with van der Waals surface area (Å²) in [6.45, 7) is 7.40. The van der Waals surface area contributed by atoms with Gasteiger partial charge in [-0.1, -0.05) is 26.0 Å². The highest BCUT2D eigenvalue weighted by molar-refractivity contribution is 5.96. The van der Waals surface area contributed by atoms with E-state index in [9.17, 15) is 38.7 Å². The summed E-state index contributed by atoms with van der Waals surface area (Å²) in [5.74, 6) is -3.63. The maximum atomic E-state index is 13.1. The van der Waals surface area contributed by atoms with Crippen LogP contribution >= 0.6 is 0 Å². The Labute approximate surface area is 226 Å². The number of rotatable bonds is 15. The van der Waals surface area contributed by atoms with Crippen LogP contribution in [0, 0.1) is 5.92 Å². The molecular formula is C26H37N5O8. The van der Waals surface area contributed by atoms with Gasteiger partial charge in [0.15, 0.2) is 0 Å². The van der Waals surface area contributed by atoms with Crippen LogP contribution < -0.4 is 26.6 Å². The number of aldehydes is 2. The van der Waals surface area contributed by atoms with Gasteiger partial charge in [-0.25, -0.2) is 0 Å². The molecule has 13 nitrogen and oxygen atoms in total. The van der Waals surface area contributed by atoms with Crippen LogP contribution in [0.25, 0.3) is 0 Å². The minimum atomic E-state index is -1.25. The Morgan fingerprint density at radius 3 is 1.87 bits per heavy atom. The lowest BCUT2D eigenvalue weighted by Gasteiger charge is -2.27. The molecule has 0 aromatic heterocycles. The average Bonchev–Trinajstić information content (AvgIpc) is 2.86. The first-order valence-electron chi connectivity index (χ1n) is 12.4. The number of carbonyl (C=O) groups excluding carboxylic acids is 7. The molecule has 0 fully saturated rings. The lowest BCUT2D eigenvalue weighted by atomic mass is 10.0. The smallest absolute Gasteiger partial charge is 0.243 e. The van der Waals surface area contributed by atoms with Crippen LogP contribution in [-0.2, 0) is 40.0 Å². The van der Waals surface area contributed by atoms with Crippen molar-refractivity contribution in [3.05, 3.63) is 29.8 Å². The Morgan fingerprint density at radius 1 is 0.769 bits per heavy atom. The quantitative estimate of drug-likeness (QED) is 0.148. The van der Waals surface area contributed by atoms with Gasteiger partial charge in [0.1, 0.15) is 42.5 Å². The van der Waals surface area contributed by atoms with Gasteiger partial charge in [0, 0.05) is 19.8 Å². The van der Waals surface area contributed by atoms with E-state index < -0.39 is 65.7 Å². The summed E-state index contributed by atoms with van der Waals surface area (Å²) in [4.78, 5) is 84.5. The summed E-state index contributed by atoms with van der Waals surface area (Å²) >= 11 is 0. The molecule has 0 spiro atoms. The van der Waals surface area contributed by atoms with E-state index in [0.29, 0.717) is 18.1 Å². The Hall–Kier alpha value is -4.29. The van der Waals surface area contributed by atoms with Gasteiger partial charge >= 0.3 is 0 Å². The molecule has 0 heterocycles. The van der Waals surface area contributed by atoms with Crippen LogP contribution in [0.4, 0.5) is 0 Å². The van der Waals surface area contributed by atoms with E-state index >= 15 is 0 Å². The minimum absolute atomic E-state index is 0.0441. The number of hydrogen-bond acceptors (Lipinski definition) is 8. The van der Waals surface area contributed by atoms with Gasteiger partial charge in [0.05, 0.1) is 6.04 Å². The van der Waals surface area contributed by atoms with E-state index in [1.54, 1.807) is 26.0 Å². The summed E-state index contributed by atoms with van der Waals surface area (Å²) in [7, 11) is 0. The molecule has 0 aliphatic heterocycles. The number of carbonyl (C=O) groups is 7. The number of aromatic hydroxyl groups is 1. The third-order valence-corrected chi connectivity index (χ3v) is 5.61. The highest BCUT2D eigenvalue weighted by Crippen LogP contribution is 2.12. The molecule has 214 valence electrons. The van der Waals surface area contributed by atoms with Gasteiger partial charge < -0.3 is 41.3 Å². The molecule has 5 atom stereocenters. The summed E-state index contributed by atoms with van der Waals surface area (Å²) in [6.07, 6.45) is 0.676. The fourth-order valence-corrected chi connectivity index (χ4v) is 3.46. The van der Waals surface area contributed by atoms with Gasteiger partial charge in [-0.15, -0.1) is 0 Å². The van der Waals surface area contributed by atoms with Crippen molar-refractivity contribution in [1.29, 1.82) is 0 Å². The molecule has 5 amide bonds. The van der Waals surface area contributed by atoms with E-state index in [-0.39, 0.29) is 18.6 Å².